The SMILES string of the molecule is CC(C)N1CCN(c2cncc(C(N)=O)n2)CC1C. The molecule has 1 aromatic rings. The molecule has 1 aliphatic rings. The molecular formula is C13H21N5O. The van der Waals surface area contributed by atoms with Crippen LogP contribution in [0.25, 0.3) is 0 Å². The van der Waals surface area contributed by atoms with Crippen LogP contribution >= 0.6 is 0 Å². The molecule has 0 aliphatic carbocycles. The third kappa shape index (κ3) is 3.01. The van der Waals surface area contributed by atoms with E-state index < -0.39 is 5.91 Å². The molecule has 6 heteroatoms. The van der Waals surface area contributed by atoms with Crippen molar-refractivity contribution in [3.63, 3.8) is 0 Å². The Bertz CT molecular complexity index is 462. The second kappa shape index (κ2) is 5.52. The summed E-state index contributed by atoms with van der Waals surface area (Å²) in [5, 5.41) is 0. The number of piperazine rings is 1. The van der Waals surface area contributed by atoms with E-state index in [0.29, 0.717) is 12.1 Å². The van der Waals surface area contributed by atoms with E-state index in [0.717, 1.165) is 25.5 Å². The van der Waals surface area contributed by atoms with E-state index in [1.807, 2.05) is 0 Å². The predicted molar refractivity (Wildman–Crippen MR) is 74.1 cm³/mol. The summed E-state index contributed by atoms with van der Waals surface area (Å²) >= 11 is 0. The molecule has 1 unspecified atom stereocenters. The van der Waals surface area contributed by atoms with Crippen LogP contribution in [0.5, 0.6) is 0 Å². The highest BCUT2D eigenvalue weighted by Gasteiger charge is 2.26. The average Bonchev–Trinajstić information content (AvgIpc) is 2.38. The summed E-state index contributed by atoms with van der Waals surface area (Å²) in [6, 6.07) is 0.993. The van der Waals surface area contributed by atoms with Gasteiger partial charge in [0.2, 0.25) is 0 Å². The van der Waals surface area contributed by atoms with Gasteiger partial charge in [-0.1, -0.05) is 0 Å². The Labute approximate surface area is 113 Å². The summed E-state index contributed by atoms with van der Waals surface area (Å²) in [4.78, 5) is 24.1. The summed E-state index contributed by atoms with van der Waals surface area (Å²) in [5.41, 5.74) is 5.45. The van der Waals surface area contributed by atoms with Crippen molar-refractivity contribution in [2.75, 3.05) is 24.5 Å². The molecule has 2 heterocycles. The van der Waals surface area contributed by atoms with Crippen molar-refractivity contribution in [3.8, 4) is 0 Å². The zero-order valence-electron chi connectivity index (χ0n) is 11.7. The number of primary amides is 1. The van der Waals surface area contributed by atoms with E-state index in [1.54, 1.807) is 6.20 Å². The maximum atomic E-state index is 11.1. The molecule has 2 rings (SSSR count). The number of hydrogen-bond acceptors (Lipinski definition) is 5. The molecule has 1 atom stereocenters. The molecule has 19 heavy (non-hydrogen) atoms. The Morgan fingerprint density at radius 1 is 1.42 bits per heavy atom. The molecule has 0 bridgehead atoms. The molecule has 0 radical (unpaired) electrons. The summed E-state index contributed by atoms with van der Waals surface area (Å²) in [5.74, 6) is 0.190. The Morgan fingerprint density at radius 2 is 2.16 bits per heavy atom. The third-order valence-electron chi connectivity index (χ3n) is 3.54. The van der Waals surface area contributed by atoms with Crippen LogP contribution in [-0.4, -0.2) is 52.5 Å². The normalized spacial score (nSPS) is 20.8. The second-order valence-corrected chi connectivity index (χ2v) is 5.25. The van der Waals surface area contributed by atoms with Crippen LogP contribution in [0.2, 0.25) is 0 Å². The third-order valence-corrected chi connectivity index (χ3v) is 3.54. The fraction of sp³-hybridized carbons (Fsp3) is 0.615. The number of hydrogen-bond donors (Lipinski definition) is 1. The molecule has 1 saturated heterocycles. The van der Waals surface area contributed by atoms with Gasteiger partial charge in [-0.25, -0.2) is 4.98 Å². The van der Waals surface area contributed by atoms with Crippen molar-refractivity contribution in [1.82, 2.24) is 14.9 Å². The lowest BCUT2D eigenvalue weighted by Gasteiger charge is -2.42. The van der Waals surface area contributed by atoms with E-state index in [2.05, 4.69) is 40.5 Å². The highest BCUT2D eigenvalue weighted by atomic mass is 16.1. The van der Waals surface area contributed by atoms with Gasteiger partial charge in [0.15, 0.2) is 0 Å². The molecule has 0 aromatic carbocycles. The molecule has 0 spiro atoms. The first-order valence-electron chi connectivity index (χ1n) is 6.61. The molecule has 2 N–H and O–H groups in total. The molecule has 104 valence electrons. The quantitative estimate of drug-likeness (QED) is 0.859. The molecular weight excluding hydrogens is 242 g/mol. The van der Waals surface area contributed by atoms with Crippen LogP contribution in [0.1, 0.15) is 31.3 Å². The largest absolute Gasteiger partial charge is 0.364 e. The molecule has 6 nitrogen and oxygen atoms in total. The van der Waals surface area contributed by atoms with Crippen LogP contribution in [0, 0.1) is 0 Å². The maximum absolute atomic E-state index is 11.1. The number of amides is 1. The minimum atomic E-state index is -0.539. The number of carbonyl (C=O) groups is 1. The summed E-state index contributed by atoms with van der Waals surface area (Å²) in [6.45, 7) is 9.38. The predicted octanol–water partition coefficient (Wildman–Crippen LogP) is 0.494. The summed E-state index contributed by atoms with van der Waals surface area (Å²) in [6.07, 6.45) is 3.09. The van der Waals surface area contributed by atoms with Gasteiger partial charge in [0.05, 0.1) is 12.4 Å². The number of aromatic nitrogens is 2. The first-order valence-corrected chi connectivity index (χ1v) is 6.61. The zero-order valence-corrected chi connectivity index (χ0v) is 11.7. The topological polar surface area (TPSA) is 75.3 Å². The van der Waals surface area contributed by atoms with E-state index in [-0.39, 0.29) is 5.69 Å². The van der Waals surface area contributed by atoms with Crippen molar-refractivity contribution in [2.45, 2.75) is 32.9 Å². The van der Waals surface area contributed by atoms with Gasteiger partial charge < -0.3 is 10.6 Å². The van der Waals surface area contributed by atoms with Crippen molar-refractivity contribution in [2.24, 2.45) is 5.73 Å². The first kappa shape index (κ1) is 13.7. The molecule has 1 aliphatic heterocycles. The minimum Gasteiger partial charge on any atom is -0.364 e. The first-order chi connectivity index (χ1) is 8.99. The second-order valence-electron chi connectivity index (χ2n) is 5.25. The Hall–Kier alpha value is -1.69. The maximum Gasteiger partial charge on any atom is 0.268 e. The molecule has 0 saturated carbocycles. The number of anilines is 1. The van der Waals surface area contributed by atoms with E-state index in [4.69, 9.17) is 5.73 Å². The van der Waals surface area contributed by atoms with Crippen LogP contribution in [0.15, 0.2) is 12.4 Å². The fourth-order valence-corrected chi connectivity index (χ4v) is 2.57. The molecule has 1 aromatic heterocycles. The zero-order chi connectivity index (χ0) is 14.0. The van der Waals surface area contributed by atoms with Crippen molar-refractivity contribution in [1.29, 1.82) is 0 Å². The van der Waals surface area contributed by atoms with Gasteiger partial charge in [-0.3, -0.25) is 14.7 Å². The Morgan fingerprint density at radius 3 is 2.74 bits per heavy atom. The lowest BCUT2D eigenvalue weighted by Crippen LogP contribution is -2.54. The monoisotopic (exact) mass is 263 g/mol. The number of nitrogens with zero attached hydrogens (tertiary/aromatic N) is 4. The van der Waals surface area contributed by atoms with Crippen molar-refractivity contribution < 1.29 is 4.79 Å². The van der Waals surface area contributed by atoms with Gasteiger partial charge >= 0.3 is 0 Å². The van der Waals surface area contributed by atoms with Crippen LogP contribution in [-0.2, 0) is 0 Å². The lowest BCUT2D eigenvalue weighted by atomic mass is 10.1. The Balaban J connectivity index is 2.12. The summed E-state index contributed by atoms with van der Waals surface area (Å²) < 4.78 is 0. The van der Waals surface area contributed by atoms with E-state index in [1.165, 1.54) is 6.20 Å². The standard InChI is InChI=1S/C13H21N5O/c1-9(2)18-5-4-17(8-10(18)3)12-7-15-6-11(16-12)13(14)19/h6-7,9-10H,4-5,8H2,1-3H3,(H2,14,19). The fourth-order valence-electron chi connectivity index (χ4n) is 2.57. The van der Waals surface area contributed by atoms with Crippen molar-refractivity contribution >= 4 is 11.7 Å². The van der Waals surface area contributed by atoms with Crippen molar-refractivity contribution in [3.05, 3.63) is 18.1 Å². The molecule has 1 amide bonds. The Kier molecular flexibility index (Phi) is 3.99. The van der Waals surface area contributed by atoms with Gasteiger partial charge in [0.1, 0.15) is 11.5 Å². The van der Waals surface area contributed by atoms with Gasteiger partial charge in [0, 0.05) is 31.7 Å². The highest BCUT2D eigenvalue weighted by Crippen LogP contribution is 2.18. The van der Waals surface area contributed by atoms with E-state index in [9.17, 15) is 4.79 Å². The smallest absolute Gasteiger partial charge is 0.268 e. The summed E-state index contributed by atoms with van der Waals surface area (Å²) in [7, 11) is 0. The van der Waals surface area contributed by atoms with Gasteiger partial charge in [-0.2, -0.15) is 0 Å². The van der Waals surface area contributed by atoms with Gasteiger partial charge in [-0.15, -0.1) is 0 Å². The lowest BCUT2D eigenvalue weighted by molar-refractivity contribution is 0.0995. The number of nitrogens with two attached hydrogens (primary N) is 1. The number of rotatable bonds is 3. The minimum absolute atomic E-state index is 0.219. The van der Waals surface area contributed by atoms with Crippen LogP contribution in [0.4, 0.5) is 5.82 Å². The highest BCUT2D eigenvalue weighted by molar-refractivity contribution is 5.90. The molecule has 1 fully saturated rings. The van der Waals surface area contributed by atoms with Gasteiger partial charge in [-0.05, 0) is 20.8 Å². The van der Waals surface area contributed by atoms with E-state index >= 15 is 0 Å². The number of carbonyl (C=O) groups excluding carboxylic acids is 1. The van der Waals surface area contributed by atoms with Crippen LogP contribution in [0.3, 0.4) is 0 Å². The van der Waals surface area contributed by atoms with Crippen LogP contribution < -0.4 is 10.6 Å². The van der Waals surface area contributed by atoms with Gasteiger partial charge in [0.25, 0.3) is 5.91 Å². The average molecular weight is 263 g/mol.